The van der Waals surface area contributed by atoms with Crippen LogP contribution in [0, 0.1) is 5.82 Å². The highest BCUT2D eigenvalue weighted by molar-refractivity contribution is 5.81. The standard InChI is InChI=1S/C34H31F10NO8/c1-15(2)23-11-24(26(51-4)12-25(23)35)22-6-5-19(32(36,37)38)9-18(22)14-45-16(3)29(53-31(50)52-27(30(48)49)13-28(46)47)17-7-20(33(39,40)41)10-21(8-17)34(42,43)44/h5-12,15-16,27,29,45H,13-14H2,1-4H3,(H,46,47)(H,48,49)/t16-,27-,29-/m0/s1. The monoisotopic (exact) mass is 771 g/mol. The van der Waals surface area contributed by atoms with Gasteiger partial charge < -0.3 is 29.7 Å². The molecule has 0 heterocycles. The molecule has 9 nitrogen and oxygen atoms in total. The van der Waals surface area contributed by atoms with Crippen LogP contribution in [0.2, 0.25) is 0 Å². The first-order valence-corrected chi connectivity index (χ1v) is 15.3. The summed E-state index contributed by atoms with van der Waals surface area (Å²) in [5, 5.41) is 20.8. The topological polar surface area (TPSA) is 131 Å². The van der Waals surface area contributed by atoms with Crippen molar-refractivity contribution in [1.29, 1.82) is 0 Å². The fraction of sp³-hybridized carbons (Fsp3) is 0.382. The average Bonchev–Trinajstić information content (AvgIpc) is 3.03. The van der Waals surface area contributed by atoms with Gasteiger partial charge in [-0.2, -0.15) is 39.5 Å². The van der Waals surface area contributed by atoms with Crippen molar-refractivity contribution >= 4 is 18.1 Å². The zero-order valence-electron chi connectivity index (χ0n) is 28.0. The van der Waals surface area contributed by atoms with E-state index < -0.39 is 102 Å². The summed E-state index contributed by atoms with van der Waals surface area (Å²) in [4.78, 5) is 35.2. The van der Waals surface area contributed by atoms with Gasteiger partial charge >= 0.3 is 36.6 Å². The lowest BCUT2D eigenvalue weighted by atomic mass is 9.92. The van der Waals surface area contributed by atoms with Crippen LogP contribution in [0.15, 0.2) is 48.5 Å². The minimum atomic E-state index is -5.37. The van der Waals surface area contributed by atoms with Gasteiger partial charge in [0.1, 0.15) is 17.7 Å². The molecule has 0 amide bonds. The molecule has 0 radical (unpaired) electrons. The van der Waals surface area contributed by atoms with Crippen molar-refractivity contribution in [1.82, 2.24) is 5.32 Å². The van der Waals surface area contributed by atoms with Crippen LogP contribution in [0.4, 0.5) is 48.7 Å². The molecule has 0 spiro atoms. The van der Waals surface area contributed by atoms with Gasteiger partial charge in [0.05, 0.1) is 30.2 Å². The summed E-state index contributed by atoms with van der Waals surface area (Å²) in [5.41, 5.74) is -5.65. The summed E-state index contributed by atoms with van der Waals surface area (Å²) < 4.78 is 154. The summed E-state index contributed by atoms with van der Waals surface area (Å²) in [7, 11) is 1.17. The quantitative estimate of drug-likeness (QED) is 0.115. The third kappa shape index (κ3) is 11.0. The van der Waals surface area contributed by atoms with Gasteiger partial charge in [0.15, 0.2) is 0 Å². The Labute approximate surface area is 294 Å². The van der Waals surface area contributed by atoms with Gasteiger partial charge in [0.25, 0.3) is 0 Å². The lowest BCUT2D eigenvalue weighted by Gasteiger charge is -2.28. The van der Waals surface area contributed by atoms with Gasteiger partial charge in [-0.15, -0.1) is 0 Å². The maximum atomic E-state index is 14.8. The minimum Gasteiger partial charge on any atom is -0.496 e. The summed E-state index contributed by atoms with van der Waals surface area (Å²) in [5.74, 6) is -4.93. The predicted octanol–water partition coefficient (Wildman–Crippen LogP) is 8.98. The molecule has 0 aromatic heterocycles. The number of aliphatic carboxylic acids is 2. The Morgan fingerprint density at radius 2 is 1.32 bits per heavy atom. The summed E-state index contributed by atoms with van der Waals surface area (Å²) >= 11 is 0. The second-order valence-corrected chi connectivity index (χ2v) is 11.9. The number of nitrogens with one attached hydrogen (secondary N) is 1. The van der Waals surface area contributed by atoms with Crippen molar-refractivity contribution < 1.29 is 82.7 Å². The normalized spacial score (nSPS) is 14.0. The molecule has 0 aliphatic rings. The lowest BCUT2D eigenvalue weighted by Crippen LogP contribution is -2.36. The summed E-state index contributed by atoms with van der Waals surface area (Å²) in [6, 6.07) is 3.40. The number of rotatable bonds is 13. The van der Waals surface area contributed by atoms with Crippen LogP contribution in [-0.2, 0) is 44.1 Å². The number of hydrogen-bond acceptors (Lipinski definition) is 7. The fourth-order valence-electron chi connectivity index (χ4n) is 5.14. The van der Waals surface area contributed by atoms with Gasteiger partial charge in [-0.1, -0.05) is 19.9 Å². The first-order chi connectivity index (χ1) is 24.3. The van der Waals surface area contributed by atoms with Crippen LogP contribution in [0.25, 0.3) is 11.1 Å². The van der Waals surface area contributed by atoms with Crippen molar-refractivity contribution in [2.75, 3.05) is 7.11 Å². The zero-order chi connectivity index (χ0) is 40.2. The molecule has 0 aliphatic carbocycles. The van der Waals surface area contributed by atoms with Crippen molar-refractivity contribution in [3.8, 4) is 16.9 Å². The molecule has 0 bridgehead atoms. The maximum Gasteiger partial charge on any atom is 0.509 e. The van der Waals surface area contributed by atoms with E-state index in [-0.39, 0.29) is 46.2 Å². The lowest BCUT2D eigenvalue weighted by molar-refractivity contribution is -0.155. The number of hydrogen-bond donors (Lipinski definition) is 3. The van der Waals surface area contributed by atoms with Crippen LogP contribution < -0.4 is 10.1 Å². The Hall–Kier alpha value is -5.07. The van der Waals surface area contributed by atoms with E-state index in [1.165, 1.54) is 13.2 Å². The molecule has 0 aliphatic heterocycles. The van der Waals surface area contributed by atoms with Crippen LogP contribution in [0.1, 0.15) is 72.6 Å². The number of methoxy groups -OCH3 is 1. The molecule has 19 heteroatoms. The molecule has 0 fully saturated rings. The average molecular weight is 772 g/mol. The predicted molar refractivity (Wildman–Crippen MR) is 164 cm³/mol. The van der Waals surface area contributed by atoms with E-state index in [4.69, 9.17) is 14.6 Å². The van der Waals surface area contributed by atoms with E-state index in [1.807, 2.05) is 0 Å². The first-order valence-electron chi connectivity index (χ1n) is 15.3. The van der Waals surface area contributed by atoms with E-state index in [0.717, 1.165) is 25.1 Å². The largest absolute Gasteiger partial charge is 0.509 e. The molecule has 3 aromatic carbocycles. The molecule has 3 rings (SSSR count). The number of carboxylic acids is 2. The smallest absolute Gasteiger partial charge is 0.496 e. The van der Waals surface area contributed by atoms with Crippen molar-refractivity contribution in [2.24, 2.45) is 0 Å². The van der Waals surface area contributed by atoms with Gasteiger partial charge in [-0.05, 0) is 71.5 Å². The van der Waals surface area contributed by atoms with Gasteiger partial charge in [-0.3, -0.25) is 4.79 Å². The molecular formula is C34H31F10NO8. The highest BCUT2D eigenvalue weighted by atomic mass is 19.4. The Morgan fingerprint density at radius 1 is 0.755 bits per heavy atom. The molecule has 0 saturated heterocycles. The first kappa shape index (κ1) is 42.3. The highest BCUT2D eigenvalue weighted by Gasteiger charge is 2.39. The minimum absolute atomic E-state index is 0.0460. The van der Waals surface area contributed by atoms with E-state index in [2.05, 4.69) is 10.1 Å². The van der Waals surface area contributed by atoms with Crippen molar-refractivity contribution in [2.45, 2.75) is 76.4 Å². The third-order valence-electron chi connectivity index (χ3n) is 7.77. The molecule has 3 N–H and O–H groups in total. The third-order valence-corrected chi connectivity index (χ3v) is 7.77. The van der Waals surface area contributed by atoms with Gasteiger partial charge in [0.2, 0.25) is 6.10 Å². The number of carbonyl (C=O) groups is 3. The highest BCUT2D eigenvalue weighted by Crippen LogP contribution is 2.41. The maximum absolute atomic E-state index is 14.8. The molecular weight excluding hydrogens is 740 g/mol. The van der Waals surface area contributed by atoms with Crippen molar-refractivity contribution in [3.05, 3.63) is 87.7 Å². The van der Waals surface area contributed by atoms with E-state index >= 15 is 0 Å². The van der Waals surface area contributed by atoms with Crippen LogP contribution in [0.5, 0.6) is 5.75 Å². The van der Waals surface area contributed by atoms with Gasteiger partial charge in [0, 0.05) is 24.2 Å². The van der Waals surface area contributed by atoms with Crippen LogP contribution in [-0.4, -0.2) is 47.6 Å². The second-order valence-electron chi connectivity index (χ2n) is 11.9. The Bertz CT molecular complexity index is 1790. The molecule has 53 heavy (non-hydrogen) atoms. The van der Waals surface area contributed by atoms with E-state index in [9.17, 15) is 63.4 Å². The molecule has 0 saturated carbocycles. The molecule has 3 atom stereocenters. The van der Waals surface area contributed by atoms with Gasteiger partial charge in [-0.25, -0.2) is 14.0 Å². The number of carbonyl (C=O) groups excluding carboxylic acids is 1. The number of alkyl halides is 9. The number of ether oxygens (including phenoxy) is 3. The summed E-state index contributed by atoms with van der Waals surface area (Å²) in [6.07, 6.45) is -23.6. The molecule has 3 aromatic rings. The Balaban J connectivity index is 2.17. The van der Waals surface area contributed by atoms with Crippen molar-refractivity contribution in [3.63, 3.8) is 0 Å². The number of benzene rings is 3. The number of carboxylic acid groups (broad SMARTS) is 2. The Morgan fingerprint density at radius 3 is 1.79 bits per heavy atom. The van der Waals surface area contributed by atoms with E-state index in [1.54, 1.807) is 13.8 Å². The van der Waals surface area contributed by atoms with Crippen LogP contribution in [0.3, 0.4) is 0 Å². The molecule has 0 unspecified atom stereocenters. The fourth-order valence-corrected chi connectivity index (χ4v) is 5.14. The summed E-state index contributed by atoms with van der Waals surface area (Å²) in [6.45, 7) is 3.72. The zero-order valence-corrected chi connectivity index (χ0v) is 28.0. The van der Waals surface area contributed by atoms with Crippen LogP contribution >= 0.6 is 0 Å². The molecule has 290 valence electrons. The Kier molecular flexibility index (Phi) is 13.0. The van der Waals surface area contributed by atoms with E-state index in [0.29, 0.717) is 6.07 Å². The SMILES string of the molecule is COc1cc(F)c(C(C)C)cc1-c1ccc(C(F)(F)F)cc1CN[C@@H](C)[C@H](OC(=O)O[C@@H](CC(=O)O)C(=O)O)c1cc(C(F)(F)F)cc(C(F)(F)F)c1. The number of halogens is 10. The second kappa shape index (κ2) is 16.3.